The van der Waals surface area contributed by atoms with Gasteiger partial charge in [0.2, 0.25) is 0 Å². The Morgan fingerprint density at radius 2 is 1.37 bits per heavy atom. The maximum Gasteiger partial charge on any atom is 0.270 e. The van der Waals surface area contributed by atoms with E-state index in [1.54, 1.807) is 37.3 Å². The minimum Gasteiger partial charge on any atom is -0.355 e. The van der Waals surface area contributed by atoms with E-state index in [0.717, 1.165) is 18.2 Å². The van der Waals surface area contributed by atoms with Gasteiger partial charge in [-0.25, -0.2) is 13.2 Å². The summed E-state index contributed by atoms with van der Waals surface area (Å²) in [4.78, 5) is 16.0. The number of halogens is 3. The molecule has 35 heavy (non-hydrogen) atoms. The Kier molecular flexibility index (Phi) is 17.0. The van der Waals surface area contributed by atoms with Crippen LogP contribution in [0.5, 0.6) is 0 Å². The number of hydrogen-bond acceptors (Lipinski definition) is 3. The highest BCUT2D eigenvalue weighted by Crippen LogP contribution is 2.27. The summed E-state index contributed by atoms with van der Waals surface area (Å²) < 4.78 is 38.9. The lowest BCUT2D eigenvalue weighted by molar-refractivity contribution is -0.0987. The lowest BCUT2D eigenvalue weighted by Gasteiger charge is -2.12. The molecule has 0 atom stereocenters. The Morgan fingerprint density at radius 3 is 1.83 bits per heavy atom. The molecule has 1 N–H and O–H groups in total. The van der Waals surface area contributed by atoms with E-state index in [4.69, 9.17) is 9.59 Å². The molecule has 0 saturated heterocycles. The summed E-state index contributed by atoms with van der Waals surface area (Å²) in [6, 6.07) is 19.0. The molecule has 0 heterocycles. The van der Waals surface area contributed by atoms with Gasteiger partial charge in [0.05, 0.1) is 0 Å². The predicted molar refractivity (Wildman–Crippen MR) is 141 cm³/mol. The Balaban J connectivity index is 0. The minimum atomic E-state index is -2.72. The molecule has 0 unspecified atom stereocenters. The van der Waals surface area contributed by atoms with Crippen LogP contribution in [0.25, 0.3) is 5.70 Å². The first-order chi connectivity index (χ1) is 16.6. The van der Waals surface area contributed by atoms with Crippen molar-refractivity contribution in [3.63, 3.8) is 0 Å². The largest absolute Gasteiger partial charge is 0.355 e. The normalized spacial score (nSPS) is 9.29. The van der Waals surface area contributed by atoms with Crippen molar-refractivity contribution in [2.45, 2.75) is 47.5 Å². The quantitative estimate of drug-likeness (QED) is 0.403. The average Bonchev–Trinajstić information content (AvgIpc) is 2.85. The highest BCUT2D eigenvalue weighted by atomic mass is 19.3. The summed E-state index contributed by atoms with van der Waals surface area (Å²) in [6.45, 7) is 18.7. The number of carbonyl (C=O) groups excluding carboxylic acids is 2. The smallest absolute Gasteiger partial charge is 0.270 e. The zero-order chi connectivity index (χ0) is 27.6. The van der Waals surface area contributed by atoms with Crippen LogP contribution in [0.3, 0.4) is 0 Å². The Morgan fingerprint density at radius 1 is 0.800 bits per heavy atom. The topological polar surface area (TPSA) is 46.2 Å². The van der Waals surface area contributed by atoms with Gasteiger partial charge in [-0.3, -0.25) is 0 Å². The SMILES string of the molecule is C=C(Nc1ccc(C)c(C)c1)c1ccccc1F.C=O.C=O.CC.Cc1cccc(C(C)(F)F)c1. The highest BCUT2D eigenvalue weighted by molar-refractivity contribution is 5.75. The molecule has 0 aliphatic heterocycles. The Bertz CT molecular complexity index is 1030. The van der Waals surface area contributed by atoms with Crippen LogP contribution in [-0.2, 0) is 15.5 Å². The first-order valence-corrected chi connectivity index (χ1v) is 10.9. The molecule has 6 heteroatoms. The number of rotatable bonds is 4. The molecule has 0 amide bonds. The molecule has 3 aromatic carbocycles. The first-order valence-electron chi connectivity index (χ1n) is 10.9. The van der Waals surface area contributed by atoms with Gasteiger partial charge in [-0.2, -0.15) is 0 Å². The van der Waals surface area contributed by atoms with E-state index in [-0.39, 0.29) is 11.4 Å². The fraction of sp³-hybridized carbons (Fsp3) is 0.241. The zero-order valence-electron chi connectivity index (χ0n) is 21.4. The standard InChI is InChI=1S/C16H16FN.C9H10F2.C2H6.2CH2O/c1-11-8-9-14(10-12(11)2)18-13(3)15-6-4-5-7-16(15)17;1-7-4-3-5-8(6-7)9(2,10)11;3*1-2/h4-10,18H,3H2,1-2H3;3-6H,1-2H3;1-2H3;2*1H2. The monoisotopic (exact) mass is 487 g/mol. The van der Waals surface area contributed by atoms with Crippen LogP contribution in [0.15, 0.2) is 73.3 Å². The fourth-order valence-electron chi connectivity index (χ4n) is 2.68. The number of nitrogens with one attached hydrogen (secondary N) is 1. The number of anilines is 1. The third-order valence-corrected chi connectivity index (χ3v) is 4.53. The van der Waals surface area contributed by atoms with Gasteiger partial charge in [0.15, 0.2) is 0 Å². The van der Waals surface area contributed by atoms with Gasteiger partial charge in [-0.05, 0) is 56.2 Å². The van der Waals surface area contributed by atoms with E-state index < -0.39 is 5.92 Å². The second-order valence-corrected chi connectivity index (χ2v) is 7.14. The lowest BCUT2D eigenvalue weighted by atomic mass is 10.1. The van der Waals surface area contributed by atoms with Crippen molar-refractivity contribution >= 4 is 25.0 Å². The molecular weight excluding hydrogens is 451 g/mol. The van der Waals surface area contributed by atoms with E-state index in [1.807, 2.05) is 52.5 Å². The molecule has 3 aromatic rings. The number of alkyl halides is 2. The molecule has 0 saturated carbocycles. The number of aryl methyl sites for hydroxylation is 3. The third-order valence-electron chi connectivity index (χ3n) is 4.53. The minimum absolute atomic E-state index is 0.0810. The van der Waals surface area contributed by atoms with Gasteiger partial charge in [-0.1, -0.05) is 68.5 Å². The van der Waals surface area contributed by atoms with Crippen LogP contribution >= 0.6 is 0 Å². The molecule has 3 nitrogen and oxygen atoms in total. The summed E-state index contributed by atoms with van der Waals surface area (Å²) >= 11 is 0. The van der Waals surface area contributed by atoms with Gasteiger partial charge in [0.25, 0.3) is 5.92 Å². The molecule has 190 valence electrons. The summed E-state index contributed by atoms with van der Waals surface area (Å²) in [5.41, 5.74) is 5.36. The van der Waals surface area contributed by atoms with Crippen LogP contribution < -0.4 is 5.32 Å². The van der Waals surface area contributed by atoms with Crippen molar-refractivity contribution in [2.24, 2.45) is 0 Å². The number of carbonyl (C=O) groups is 2. The molecule has 0 bridgehead atoms. The molecule has 0 fully saturated rings. The molecule has 0 aliphatic rings. The van der Waals surface area contributed by atoms with Crippen molar-refractivity contribution in [1.82, 2.24) is 0 Å². The van der Waals surface area contributed by atoms with E-state index >= 15 is 0 Å². The van der Waals surface area contributed by atoms with Crippen LogP contribution in [0.1, 0.15) is 48.6 Å². The van der Waals surface area contributed by atoms with Gasteiger partial charge in [-0.15, -0.1) is 0 Å². The van der Waals surface area contributed by atoms with Crippen molar-refractivity contribution in [3.8, 4) is 0 Å². The lowest BCUT2D eigenvalue weighted by Crippen LogP contribution is -2.06. The van der Waals surface area contributed by atoms with Crippen molar-refractivity contribution in [1.29, 1.82) is 0 Å². The first kappa shape index (κ1) is 33.5. The van der Waals surface area contributed by atoms with Crippen LogP contribution in [0.4, 0.5) is 18.9 Å². The van der Waals surface area contributed by atoms with Crippen LogP contribution in [-0.4, -0.2) is 13.6 Å². The summed E-state index contributed by atoms with van der Waals surface area (Å²) in [6.07, 6.45) is 0. The van der Waals surface area contributed by atoms with E-state index in [1.165, 1.54) is 29.3 Å². The maximum atomic E-state index is 13.6. The third kappa shape index (κ3) is 12.4. The Hall–Kier alpha value is -3.67. The Labute approximate surface area is 207 Å². The van der Waals surface area contributed by atoms with Crippen molar-refractivity contribution in [3.05, 3.63) is 107 Å². The van der Waals surface area contributed by atoms with Crippen molar-refractivity contribution in [2.75, 3.05) is 5.32 Å². The molecule has 0 aromatic heterocycles. The van der Waals surface area contributed by atoms with Crippen molar-refractivity contribution < 1.29 is 22.8 Å². The summed E-state index contributed by atoms with van der Waals surface area (Å²) in [5.74, 6) is -2.98. The molecule has 0 radical (unpaired) electrons. The van der Waals surface area contributed by atoms with Gasteiger partial charge >= 0.3 is 0 Å². The summed E-state index contributed by atoms with van der Waals surface area (Å²) in [7, 11) is 0. The van der Waals surface area contributed by atoms with Crippen LogP contribution in [0, 0.1) is 26.6 Å². The summed E-state index contributed by atoms with van der Waals surface area (Å²) in [5, 5.41) is 3.13. The number of hydrogen-bond donors (Lipinski definition) is 1. The van der Waals surface area contributed by atoms with Gasteiger partial charge < -0.3 is 14.9 Å². The average molecular weight is 488 g/mol. The maximum absolute atomic E-state index is 13.6. The predicted octanol–water partition coefficient (Wildman–Crippen LogP) is 8.29. The van der Waals surface area contributed by atoms with E-state index in [2.05, 4.69) is 18.8 Å². The van der Waals surface area contributed by atoms with Crippen LogP contribution in [0.2, 0.25) is 0 Å². The van der Waals surface area contributed by atoms with E-state index in [9.17, 15) is 13.2 Å². The second kappa shape index (κ2) is 17.8. The highest BCUT2D eigenvalue weighted by Gasteiger charge is 2.23. The molecule has 0 spiro atoms. The van der Waals surface area contributed by atoms with Gasteiger partial charge in [0.1, 0.15) is 19.4 Å². The molecular formula is C29H36F3NO2. The number of benzene rings is 3. The fourth-order valence-corrected chi connectivity index (χ4v) is 2.68. The van der Waals surface area contributed by atoms with Gasteiger partial charge in [0, 0.05) is 29.4 Å². The molecule has 0 aliphatic carbocycles. The van der Waals surface area contributed by atoms with E-state index in [0.29, 0.717) is 11.3 Å². The zero-order valence-corrected chi connectivity index (χ0v) is 21.4. The second-order valence-electron chi connectivity index (χ2n) is 7.14. The molecule has 3 rings (SSSR count).